The summed E-state index contributed by atoms with van der Waals surface area (Å²) in [5, 5.41) is 2.42. The van der Waals surface area contributed by atoms with Crippen molar-refractivity contribution in [3.8, 4) is 10.4 Å². The van der Waals surface area contributed by atoms with Crippen LogP contribution in [0.3, 0.4) is 0 Å². The van der Waals surface area contributed by atoms with Crippen molar-refractivity contribution >= 4 is 56.8 Å². The Hall–Kier alpha value is -5.06. The monoisotopic (exact) mass is 573 g/mol. The molecule has 2 aliphatic rings. The molecule has 206 valence electrons. The standard InChI is InChI=1S/C39H27NO2S/c1-39(2)34-21-28(40(26-12-4-3-5-13-26)27-17-16-24-10-6-7-11-25(24)20-27)18-19-32(34)38-35(39)23-29(43-38)22-33-36(41)30-14-8-9-15-31(30)37(33)42/h3-23H,1-2H3. The highest BCUT2D eigenvalue weighted by Gasteiger charge is 2.39. The lowest BCUT2D eigenvalue weighted by Crippen LogP contribution is -2.16. The van der Waals surface area contributed by atoms with Gasteiger partial charge in [-0.05, 0) is 76.0 Å². The van der Waals surface area contributed by atoms with Crippen LogP contribution in [0.25, 0.3) is 27.3 Å². The molecule has 0 unspecified atom stereocenters. The number of rotatable bonds is 4. The minimum absolute atomic E-state index is 0.187. The second kappa shape index (κ2) is 9.48. The summed E-state index contributed by atoms with van der Waals surface area (Å²) in [5.41, 5.74) is 8.01. The molecule has 0 saturated heterocycles. The summed E-state index contributed by atoms with van der Waals surface area (Å²) in [5.74, 6) is -0.374. The van der Waals surface area contributed by atoms with Gasteiger partial charge in [-0.1, -0.05) is 92.7 Å². The van der Waals surface area contributed by atoms with Crippen LogP contribution in [0.1, 0.15) is 50.6 Å². The Labute approximate surface area is 254 Å². The number of ketones is 2. The average molecular weight is 574 g/mol. The molecule has 5 aromatic carbocycles. The van der Waals surface area contributed by atoms with Crippen LogP contribution in [-0.4, -0.2) is 11.6 Å². The smallest absolute Gasteiger partial charge is 0.197 e. The first-order valence-corrected chi connectivity index (χ1v) is 15.2. The molecule has 0 saturated carbocycles. The summed E-state index contributed by atoms with van der Waals surface area (Å²) in [6.45, 7) is 4.52. The van der Waals surface area contributed by atoms with E-state index in [1.54, 1.807) is 41.7 Å². The summed E-state index contributed by atoms with van der Waals surface area (Å²) in [7, 11) is 0. The summed E-state index contributed by atoms with van der Waals surface area (Å²) in [6, 6.07) is 41.6. The molecule has 0 bridgehead atoms. The van der Waals surface area contributed by atoms with Gasteiger partial charge in [0.25, 0.3) is 0 Å². The number of carbonyl (C=O) groups is 2. The predicted octanol–water partition coefficient (Wildman–Crippen LogP) is 10.1. The van der Waals surface area contributed by atoms with Crippen molar-refractivity contribution in [2.24, 2.45) is 0 Å². The largest absolute Gasteiger partial charge is 0.310 e. The van der Waals surface area contributed by atoms with Crippen molar-refractivity contribution in [3.05, 3.63) is 154 Å². The Morgan fingerprint density at radius 3 is 1.95 bits per heavy atom. The molecule has 1 aromatic heterocycles. The van der Waals surface area contributed by atoms with Crippen LogP contribution in [0.2, 0.25) is 0 Å². The molecule has 6 aromatic rings. The lowest BCUT2D eigenvalue weighted by molar-refractivity contribution is 0.0990. The van der Waals surface area contributed by atoms with E-state index in [9.17, 15) is 9.59 Å². The van der Waals surface area contributed by atoms with Gasteiger partial charge in [0, 0.05) is 43.4 Å². The minimum atomic E-state index is -0.244. The zero-order valence-electron chi connectivity index (χ0n) is 23.8. The van der Waals surface area contributed by atoms with Crippen molar-refractivity contribution in [1.82, 2.24) is 0 Å². The normalized spacial score (nSPS) is 14.5. The third-order valence-electron chi connectivity index (χ3n) is 8.80. The van der Waals surface area contributed by atoms with Gasteiger partial charge in [0.15, 0.2) is 11.6 Å². The number of fused-ring (bicyclic) bond motifs is 5. The Balaban J connectivity index is 1.21. The average Bonchev–Trinajstić information content (AvgIpc) is 3.63. The fourth-order valence-electron chi connectivity index (χ4n) is 6.56. The third kappa shape index (κ3) is 3.94. The summed E-state index contributed by atoms with van der Waals surface area (Å²) < 4.78 is 0. The fraction of sp³-hybridized carbons (Fsp3) is 0.0769. The zero-order valence-corrected chi connectivity index (χ0v) is 24.6. The number of thiophene rings is 1. The van der Waals surface area contributed by atoms with Crippen molar-refractivity contribution < 1.29 is 9.59 Å². The number of allylic oxidation sites excluding steroid dienone is 1. The lowest BCUT2D eigenvalue weighted by atomic mass is 9.82. The van der Waals surface area contributed by atoms with E-state index < -0.39 is 0 Å². The molecular weight excluding hydrogens is 547 g/mol. The first-order valence-electron chi connectivity index (χ1n) is 14.4. The van der Waals surface area contributed by atoms with Gasteiger partial charge in [-0.25, -0.2) is 0 Å². The Morgan fingerprint density at radius 2 is 1.21 bits per heavy atom. The maximum atomic E-state index is 13.0. The van der Waals surface area contributed by atoms with Crippen molar-refractivity contribution in [2.75, 3.05) is 4.90 Å². The first-order chi connectivity index (χ1) is 20.9. The van der Waals surface area contributed by atoms with Gasteiger partial charge < -0.3 is 4.90 Å². The SMILES string of the molecule is CC1(C)c2cc(N(c3ccccc3)c3ccc4ccccc4c3)ccc2-c2sc(C=C3C(=O)c4ccccc4C3=O)cc21. The van der Waals surface area contributed by atoms with E-state index in [0.29, 0.717) is 11.1 Å². The second-order valence-corrected chi connectivity index (χ2v) is 12.8. The van der Waals surface area contributed by atoms with Crippen LogP contribution < -0.4 is 4.90 Å². The van der Waals surface area contributed by atoms with E-state index in [1.165, 1.54) is 32.3 Å². The van der Waals surface area contributed by atoms with Crippen LogP contribution in [0.15, 0.2) is 127 Å². The Bertz CT molecular complexity index is 2110. The summed E-state index contributed by atoms with van der Waals surface area (Å²) in [6.07, 6.45) is 1.79. The molecule has 4 heteroatoms. The van der Waals surface area contributed by atoms with E-state index in [2.05, 4.69) is 110 Å². The van der Waals surface area contributed by atoms with Gasteiger partial charge in [-0.15, -0.1) is 11.3 Å². The van der Waals surface area contributed by atoms with Crippen molar-refractivity contribution in [2.45, 2.75) is 19.3 Å². The number of hydrogen-bond donors (Lipinski definition) is 0. The molecule has 0 spiro atoms. The molecule has 0 fully saturated rings. The van der Waals surface area contributed by atoms with Gasteiger partial charge in [-0.3, -0.25) is 9.59 Å². The minimum Gasteiger partial charge on any atom is -0.310 e. The Kier molecular flexibility index (Phi) is 5.65. The number of benzene rings is 5. The number of anilines is 3. The molecule has 2 aliphatic carbocycles. The first kappa shape index (κ1) is 25.6. The lowest BCUT2D eigenvalue weighted by Gasteiger charge is -2.28. The van der Waals surface area contributed by atoms with Crippen LogP contribution >= 0.6 is 11.3 Å². The van der Waals surface area contributed by atoms with Gasteiger partial charge in [-0.2, -0.15) is 0 Å². The van der Waals surface area contributed by atoms with E-state index in [-0.39, 0.29) is 22.6 Å². The molecule has 1 heterocycles. The van der Waals surface area contributed by atoms with E-state index in [4.69, 9.17) is 0 Å². The third-order valence-corrected chi connectivity index (χ3v) is 9.92. The molecule has 0 aliphatic heterocycles. The highest BCUT2D eigenvalue weighted by atomic mass is 32.1. The summed E-state index contributed by atoms with van der Waals surface area (Å²) >= 11 is 1.65. The number of para-hydroxylation sites is 1. The number of carbonyl (C=O) groups excluding carboxylic acids is 2. The van der Waals surface area contributed by atoms with Gasteiger partial charge in [0.1, 0.15) is 0 Å². The molecule has 0 amide bonds. The van der Waals surface area contributed by atoms with Gasteiger partial charge in [0.05, 0.1) is 5.57 Å². The zero-order chi connectivity index (χ0) is 29.3. The number of nitrogens with zero attached hydrogens (tertiary/aromatic N) is 1. The van der Waals surface area contributed by atoms with Crippen LogP contribution in [0.5, 0.6) is 0 Å². The molecule has 8 rings (SSSR count). The van der Waals surface area contributed by atoms with Crippen molar-refractivity contribution in [1.29, 1.82) is 0 Å². The number of hydrogen-bond acceptors (Lipinski definition) is 4. The highest BCUT2D eigenvalue weighted by molar-refractivity contribution is 7.16. The van der Waals surface area contributed by atoms with Gasteiger partial charge in [0.2, 0.25) is 0 Å². The highest BCUT2D eigenvalue weighted by Crippen LogP contribution is 2.54. The summed E-state index contributed by atoms with van der Waals surface area (Å²) in [4.78, 5) is 30.5. The molecule has 43 heavy (non-hydrogen) atoms. The maximum Gasteiger partial charge on any atom is 0.197 e. The van der Waals surface area contributed by atoms with Crippen molar-refractivity contribution in [3.63, 3.8) is 0 Å². The molecule has 0 atom stereocenters. The molecule has 0 radical (unpaired) electrons. The van der Waals surface area contributed by atoms with E-state index in [0.717, 1.165) is 21.9 Å². The van der Waals surface area contributed by atoms with E-state index in [1.807, 2.05) is 6.07 Å². The van der Waals surface area contributed by atoms with Crippen LogP contribution in [0.4, 0.5) is 17.1 Å². The molecule has 3 nitrogen and oxygen atoms in total. The molecule has 0 N–H and O–H groups in total. The van der Waals surface area contributed by atoms with E-state index >= 15 is 0 Å². The van der Waals surface area contributed by atoms with Crippen LogP contribution in [-0.2, 0) is 5.41 Å². The second-order valence-electron chi connectivity index (χ2n) is 11.7. The molecular formula is C39H27NO2S. The quantitative estimate of drug-likeness (QED) is 0.156. The fourth-order valence-corrected chi connectivity index (χ4v) is 7.86. The predicted molar refractivity (Wildman–Crippen MR) is 177 cm³/mol. The van der Waals surface area contributed by atoms with Gasteiger partial charge >= 0.3 is 0 Å². The topological polar surface area (TPSA) is 37.4 Å². The maximum absolute atomic E-state index is 13.0. The Morgan fingerprint density at radius 1 is 0.581 bits per heavy atom. The van der Waals surface area contributed by atoms with Crippen LogP contribution in [0, 0.1) is 0 Å². The number of Topliss-reactive ketones (excluding diaryl/α,β-unsaturated/α-hetero) is 2.